The van der Waals surface area contributed by atoms with Crippen LogP contribution in [0.5, 0.6) is 0 Å². The Bertz CT molecular complexity index is 671. The number of non-ortho nitro benzene ring substituents is 1. The fourth-order valence-corrected chi connectivity index (χ4v) is 1.59. The summed E-state index contributed by atoms with van der Waals surface area (Å²) >= 11 is 0. The lowest BCUT2D eigenvalue weighted by Crippen LogP contribution is -2.14. The van der Waals surface area contributed by atoms with Gasteiger partial charge in [0.1, 0.15) is 5.82 Å². The van der Waals surface area contributed by atoms with Crippen molar-refractivity contribution in [1.82, 2.24) is 0 Å². The van der Waals surface area contributed by atoms with Crippen molar-refractivity contribution in [2.75, 3.05) is 11.1 Å². The van der Waals surface area contributed by atoms with E-state index in [9.17, 15) is 19.3 Å². The SMILES string of the molecule is Nc1ccc(F)cc1C(=O)Nc1ccc([N+](=O)[O-])cc1. The Morgan fingerprint density at radius 2 is 1.85 bits per heavy atom. The normalized spacial score (nSPS) is 10.1. The molecule has 0 atom stereocenters. The standard InChI is InChI=1S/C13H10FN3O3/c14-8-1-6-12(15)11(7-8)13(18)16-9-2-4-10(5-3-9)17(19)20/h1-7H,15H2,(H,16,18). The van der Waals surface area contributed by atoms with Gasteiger partial charge in [0.05, 0.1) is 10.5 Å². The Labute approximate surface area is 113 Å². The van der Waals surface area contributed by atoms with E-state index in [2.05, 4.69) is 5.32 Å². The summed E-state index contributed by atoms with van der Waals surface area (Å²) in [5.41, 5.74) is 6.00. The van der Waals surface area contributed by atoms with Crippen LogP contribution in [0.2, 0.25) is 0 Å². The number of amides is 1. The van der Waals surface area contributed by atoms with Crippen molar-refractivity contribution >= 4 is 23.0 Å². The first-order valence-electron chi connectivity index (χ1n) is 5.58. The first-order valence-corrected chi connectivity index (χ1v) is 5.58. The van der Waals surface area contributed by atoms with Crippen LogP contribution in [0.3, 0.4) is 0 Å². The number of hydrogen-bond acceptors (Lipinski definition) is 4. The van der Waals surface area contributed by atoms with Gasteiger partial charge in [-0.2, -0.15) is 0 Å². The molecule has 2 aromatic carbocycles. The van der Waals surface area contributed by atoms with E-state index in [1.807, 2.05) is 0 Å². The second-order valence-electron chi connectivity index (χ2n) is 3.99. The monoisotopic (exact) mass is 275 g/mol. The molecule has 0 radical (unpaired) electrons. The van der Waals surface area contributed by atoms with Crippen LogP contribution in [0.1, 0.15) is 10.4 Å². The fraction of sp³-hybridized carbons (Fsp3) is 0. The van der Waals surface area contributed by atoms with E-state index in [1.165, 1.54) is 30.3 Å². The third-order valence-corrected chi connectivity index (χ3v) is 2.60. The lowest BCUT2D eigenvalue weighted by Gasteiger charge is -2.07. The predicted octanol–water partition coefficient (Wildman–Crippen LogP) is 2.57. The lowest BCUT2D eigenvalue weighted by atomic mass is 10.1. The quantitative estimate of drug-likeness (QED) is 0.511. The summed E-state index contributed by atoms with van der Waals surface area (Å²) in [4.78, 5) is 21.9. The highest BCUT2D eigenvalue weighted by molar-refractivity contribution is 6.07. The molecule has 6 nitrogen and oxygen atoms in total. The van der Waals surface area contributed by atoms with Gasteiger partial charge in [-0.15, -0.1) is 0 Å². The van der Waals surface area contributed by atoms with Gasteiger partial charge in [0.15, 0.2) is 0 Å². The molecule has 0 heterocycles. The van der Waals surface area contributed by atoms with Crippen LogP contribution >= 0.6 is 0 Å². The zero-order valence-corrected chi connectivity index (χ0v) is 10.2. The minimum Gasteiger partial charge on any atom is -0.398 e. The van der Waals surface area contributed by atoms with Gasteiger partial charge in [0, 0.05) is 23.5 Å². The number of nitrogens with two attached hydrogens (primary N) is 1. The van der Waals surface area contributed by atoms with Gasteiger partial charge in [-0.1, -0.05) is 0 Å². The van der Waals surface area contributed by atoms with Gasteiger partial charge in [0.25, 0.3) is 11.6 Å². The molecule has 0 unspecified atom stereocenters. The second-order valence-corrected chi connectivity index (χ2v) is 3.99. The van der Waals surface area contributed by atoms with Gasteiger partial charge >= 0.3 is 0 Å². The molecule has 7 heteroatoms. The molecular formula is C13H10FN3O3. The Balaban J connectivity index is 2.19. The number of nitrogens with zero attached hydrogens (tertiary/aromatic N) is 1. The number of nitro groups is 1. The molecule has 2 rings (SSSR count). The zero-order chi connectivity index (χ0) is 14.7. The lowest BCUT2D eigenvalue weighted by molar-refractivity contribution is -0.384. The second kappa shape index (κ2) is 5.35. The van der Waals surface area contributed by atoms with Crippen molar-refractivity contribution in [1.29, 1.82) is 0 Å². The van der Waals surface area contributed by atoms with Crippen molar-refractivity contribution in [3.05, 3.63) is 64.0 Å². The summed E-state index contributed by atoms with van der Waals surface area (Å²) in [6, 6.07) is 8.74. The van der Waals surface area contributed by atoms with Crippen LogP contribution in [0.25, 0.3) is 0 Å². The molecule has 0 spiro atoms. The predicted molar refractivity (Wildman–Crippen MR) is 71.9 cm³/mol. The zero-order valence-electron chi connectivity index (χ0n) is 10.2. The van der Waals surface area contributed by atoms with Crippen molar-refractivity contribution in [3.8, 4) is 0 Å². The molecule has 20 heavy (non-hydrogen) atoms. The highest BCUT2D eigenvalue weighted by atomic mass is 19.1. The molecule has 0 aliphatic heterocycles. The van der Waals surface area contributed by atoms with E-state index in [0.717, 1.165) is 12.1 Å². The maximum absolute atomic E-state index is 13.1. The maximum atomic E-state index is 13.1. The number of nitro benzene ring substituents is 1. The van der Waals surface area contributed by atoms with Crippen LogP contribution in [-0.2, 0) is 0 Å². The third-order valence-electron chi connectivity index (χ3n) is 2.60. The maximum Gasteiger partial charge on any atom is 0.269 e. The average molecular weight is 275 g/mol. The third kappa shape index (κ3) is 2.89. The number of nitrogens with one attached hydrogen (secondary N) is 1. The summed E-state index contributed by atoms with van der Waals surface area (Å²) in [6.07, 6.45) is 0. The first kappa shape index (κ1) is 13.5. The molecule has 0 saturated heterocycles. The average Bonchev–Trinajstić information content (AvgIpc) is 2.42. The van der Waals surface area contributed by atoms with Crippen LogP contribution < -0.4 is 11.1 Å². The minimum atomic E-state index is -0.587. The number of halogens is 1. The van der Waals surface area contributed by atoms with Crippen molar-refractivity contribution < 1.29 is 14.1 Å². The summed E-state index contributed by atoms with van der Waals surface area (Å²) in [5, 5.41) is 13.0. The molecule has 0 aliphatic rings. The Hall–Kier alpha value is -2.96. The Morgan fingerprint density at radius 3 is 2.45 bits per heavy atom. The molecule has 0 fully saturated rings. The van der Waals surface area contributed by atoms with E-state index in [4.69, 9.17) is 5.73 Å². The van der Waals surface area contributed by atoms with Crippen molar-refractivity contribution in [2.45, 2.75) is 0 Å². The summed E-state index contributed by atoms with van der Waals surface area (Å²) in [6.45, 7) is 0. The number of nitrogen functional groups attached to an aromatic ring is 1. The number of anilines is 2. The fourth-order valence-electron chi connectivity index (χ4n) is 1.59. The molecular weight excluding hydrogens is 265 g/mol. The first-order chi connectivity index (χ1) is 9.47. The molecule has 102 valence electrons. The van der Waals surface area contributed by atoms with E-state index < -0.39 is 16.6 Å². The molecule has 2 aromatic rings. The molecule has 0 aromatic heterocycles. The highest BCUT2D eigenvalue weighted by Crippen LogP contribution is 2.18. The van der Waals surface area contributed by atoms with E-state index in [0.29, 0.717) is 5.69 Å². The van der Waals surface area contributed by atoms with Gasteiger partial charge in [-0.25, -0.2) is 4.39 Å². The number of benzene rings is 2. The number of hydrogen-bond donors (Lipinski definition) is 2. The van der Waals surface area contributed by atoms with E-state index >= 15 is 0 Å². The smallest absolute Gasteiger partial charge is 0.269 e. The van der Waals surface area contributed by atoms with E-state index in [1.54, 1.807) is 0 Å². The molecule has 3 N–H and O–H groups in total. The molecule has 1 amide bonds. The highest BCUT2D eigenvalue weighted by Gasteiger charge is 2.12. The molecule has 0 bridgehead atoms. The topological polar surface area (TPSA) is 98.3 Å². The number of rotatable bonds is 3. The Kier molecular flexibility index (Phi) is 3.60. The van der Waals surface area contributed by atoms with Crippen LogP contribution in [0.15, 0.2) is 42.5 Å². The number of carbonyl (C=O) groups is 1. The molecule has 0 saturated carbocycles. The summed E-state index contributed by atoms with van der Waals surface area (Å²) in [5.74, 6) is -1.16. The van der Waals surface area contributed by atoms with Gasteiger partial charge < -0.3 is 11.1 Å². The van der Waals surface area contributed by atoms with Gasteiger partial charge in [-0.05, 0) is 30.3 Å². The van der Waals surface area contributed by atoms with Crippen LogP contribution in [-0.4, -0.2) is 10.8 Å². The largest absolute Gasteiger partial charge is 0.398 e. The summed E-state index contributed by atoms with van der Waals surface area (Å²) < 4.78 is 13.1. The molecule has 0 aliphatic carbocycles. The van der Waals surface area contributed by atoms with Gasteiger partial charge in [0.2, 0.25) is 0 Å². The summed E-state index contributed by atoms with van der Waals surface area (Å²) in [7, 11) is 0. The van der Waals surface area contributed by atoms with Crippen molar-refractivity contribution in [2.24, 2.45) is 0 Å². The van der Waals surface area contributed by atoms with Crippen LogP contribution in [0.4, 0.5) is 21.5 Å². The van der Waals surface area contributed by atoms with Crippen molar-refractivity contribution in [3.63, 3.8) is 0 Å². The van der Waals surface area contributed by atoms with E-state index in [-0.39, 0.29) is 16.9 Å². The van der Waals surface area contributed by atoms with Gasteiger partial charge in [-0.3, -0.25) is 14.9 Å². The van der Waals surface area contributed by atoms with Crippen LogP contribution in [0, 0.1) is 15.9 Å². The minimum absolute atomic E-state index is 0.00310. The Morgan fingerprint density at radius 1 is 1.20 bits per heavy atom. The number of carbonyl (C=O) groups excluding carboxylic acids is 1.